The summed E-state index contributed by atoms with van der Waals surface area (Å²) in [4.78, 5) is 23.6. The Balaban J connectivity index is 1.34. The van der Waals surface area contributed by atoms with Gasteiger partial charge in [-0.25, -0.2) is 5.43 Å². The molecule has 11 nitrogen and oxygen atoms in total. The number of nitro groups is 1. The lowest BCUT2D eigenvalue weighted by Crippen LogP contribution is -2.24. The Morgan fingerprint density at radius 3 is 2.74 bits per heavy atom. The molecular weight excluding hydrogens is 402 g/mol. The third kappa shape index (κ3) is 4.85. The number of hydrogen-bond acceptors (Lipinski definition) is 8. The minimum absolute atomic E-state index is 0.0338. The zero-order valence-corrected chi connectivity index (χ0v) is 16.0. The Morgan fingerprint density at radius 2 is 1.94 bits per heavy atom. The summed E-state index contributed by atoms with van der Waals surface area (Å²) in [6, 6.07) is 18.7. The lowest BCUT2D eigenvalue weighted by atomic mass is 10.1. The van der Waals surface area contributed by atoms with Crippen LogP contribution in [0.3, 0.4) is 0 Å². The van der Waals surface area contributed by atoms with Gasteiger partial charge in [0.15, 0.2) is 0 Å². The van der Waals surface area contributed by atoms with Gasteiger partial charge in [-0.1, -0.05) is 42.5 Å². The maximum absolute atomic E-state index is 12.0. The molecule has 0 fully saturated rings. The molecule has 154 valence electrons. The van der Waals surface area contributed by atoms with Crippen LogP contribution in [0.25, 0.3) is 22.7 Å². The van der Waals surface area contributed by atoms with E-state index >= 15 is 0 Å². The fourth-order valence-electron chi connectivity index (χ4n) is 2.69. The van der Waals surface area contributed by atoms with Crippen LogP contribution in [-0.4, -0.2) is 37.3 Å². The number of carbonyl (C=O) groups excluding carboxylic acids is 1. The van der Waals surface area contributed by atoms with Gasteiger partial charge in [-0.2, -0.15) is 9.90 Å². The van der Waals surface area contributed by atoms with Crippen molar-refractivity contribution in [3.63, 3.8) is 0 Å². The molecule has 31 heavy (non-hydrogen) atoms. The molecule has 4 aromatic rings. The minimum Gasteiger partial charge on any atom is -0.455 e. The first-order valence-electron chi connectivity index (χ1n) is 9.08. The van der Waals surface area contributed by atoms with Crippen molar-refractivity contribution in [3.05, 3.63) is 82.6 Å². The van der Waals surface area contributed by atoms with E-state index in [4.69, 9.17) is 4.42 Å². The van der Waals surface area contributed by atoms with E-state index in [1.54, 1.807) is 24.3 Å². The topological polar surface area (TPSA) is 141 Å². The largest absolute Gasteiger partial charge is 0.455 e. The molecule has 0 radical (unpaired) electrons. The summed E-state index contributed by atoms with van der Waals surface area (Å²) in [7, 11) is 0. The van der Waals surface area contributed by atoms with Crippen molar-refractivity contribution in [2.45, 2.75) is 6.54 Å². The summed E-state index contributed by atoms with van der Waals surface area (Å²) in [5.74, 6) is 0.781. The van der Waals surface area contributed by atoms with Crippen LogP contribution >= 0.6 is 0 Å². The van der Waals surface area contributed by atoms with Gasteiger partial charge in [0.2, 0.25) is 5.82 Å². The van der Waals surface area contributed by atoms with E-state index in [1.165, 1.54) is 23.1 Å². The van der Waals surface area contributed by atoms with Gasteiger partial charge in [0, 0.05) is 23.3 Å². The van der Waals surface area contributed by atoms with Crippen molar-refractivity contribution < 1.29 is 14.1 Å². The highest BCUT2D eigenvalue weighted by molar-refractivity contribution is 5.81. The second-order valence-corrected chi connectivity index (χ2v) is 6.31. The molecule has 1 amide bonds. The van der Waals surface area contributed by atoms with Gasteiger partial charge in [0.1, 0.15) is 18.1 Å². The van der Waals surface area contributed by atoms with Crippen LogP contribution in [-0.2, 0) is 11.3 Å². The lowest BCUT2D eigenvalue weighted by molar-refractivity contribution is -0.384. The molecule has 0 aliphatic carbocycles. The molecule has 11 heteroatoms. The highest BCUT2D eigenvalue weighted by atomic mass is 16.6. The number of furan rings is 1. The Morgan fingerprint density at radius 1 is 1.13 bits per heavy atom. The number of aromatic nitrogens is 4. The number of amides is 1. The van der Waals surface area contributed by atoms with E-state index in [2.05, 4.69) is 25.9 Å². The Bertz CT molecular complexity index is 1250. The van der Waals surface area contributed by atoms with Crippen LogP contribution in [0.2, 0.25) is 0 Å². The zero-order valence-electron chi connectivity index (χ0n) is 16.0. The summed E-state index contributed by atoms with van der Waals surface area (Å²) in [5.41, 5.74) is 3.68. The van der Waals surface area contributed by atoms with Crippen molar-refractivity contribution in [3.8, 4) is 22.7 Å². The van der Waals surface area contributed by atoms with Crippen LogP contribution in [0.1, 0.15) is 5.76 Å². The molecule has 2 aromatic heterocycles. The molecular formula is C20H15N7O4. The van der Waals surface area contributed by atoms with E-state index in [-0.39, 0.29) is 12.2 Å². The summed E-state index contributed by atoms with van der Waals surface area (Å²) < 4.78 is 5.59. The average molecular weight is 417 g/mol. The number of tetrazole rings is 1. The van der Waals surface area contributed by atoms with Gasteiger partial charge in [0.05, 0.1) is 11.1 Å². The summed E-state index contributed by atoms with van der Waals surface area (Å²) in [6.07, 6.45) is 1.32. The number of nitrogens with zero attached hydrogens (tertiary/aromatic N) is 6. The SMILES string of the molecule is O=C(Cn1nnc(-c2ccccc2)n1)NN=Cc1ccc(-c2cccc([N+](=O)[O-])c2)o1. The first-order valence-corrected chi connectivity index (χ1v) is 9.08. The van der Waals surface area contributed by atoms with Crippen LogP contribution in [0.15, 0.2) is 76.2 Å². The van der Waals surface area contributed by atoms with E-state index in [1.807, 2.05) is 30.3 Å². The van der Waals surface area contributed by atoms with Gasteiger partial charge in [0.25, 0.3) is 11.6 Å². The monoisotopic (exact) mass is 417 g/mol. The third-order valence-electron chi connectivity index (χ3n) is 4.12. The predicted octanol–water partition coefficient (Wildman–Crippen LogP) is 2.66. The van der Waals surface area contributed by atoms with Crippen molar-refractivity contribution in [2.24, 2.45) is 5.10 Å². The fraction of sp³-hybridized carbons (Fsp3) is 0.0500. The van der Waals surface area contributed by atoms with E-state index < -0.39 is 10.8 Å². The Kier molecular flexibility index (Phi) is 5.56. The van der Waals surface area contributed by atoms with Gasteiger partial charge in [-0.05, 0) is 17.3 Å². The molecule has 2 heterocycles. The summed E-state index contributed by atoms with van der Waals surface area (Å²) in [6.45, 7) is -0.158. The first kappa shape index (κ1) is 19.6. The molecule has 0 saturated heterocycles. The van der Waals surface area contributed by atoms with Crippen molar-refractivity contribution >= 4 is 17.8 Å². The fourth-order valence-corrected chi connectivity index (χ4v) is 2.69. The number of nitro benzene ring substituents is 1. The Labute approximate surface area is 175 Å². The molecule has 0 atom stereocenters. The number of hydrogen-bond donors (Lipinski definition) is 1. The Hall–Kier alpha value is -4.67. The molecule has 2 aromatic carbocycles. The number of nitrogens with one attached hydrogen (secondary N) is 1. The summed E-state index contributed by atoms with van der Waals surface area (Å²) in [5, 5.41) is 26.7. The number of rotatable bonds is 7. The predicted molar refractivity (Wildman–Crippen MR) is 110 cm³/mol. The molecule has 0 bridgehead atoms. The first-order chi connectivity index (χ1) is 15.1. The number of hydrazone groups is 1. The highest BCUT2D eigenvalue weighted by Gasteiger charge is 2.11. The van der Waals surface area contributed by atoms with Crippen LogP contribution < -0.4 is 5.43 Å². The highest BCUT2D eigenvalue weighted by Crippen LogP contribution is 2.25. The average Bonchev–Trinajstić information content (AvgIpc) is 3.44. The second-order valence-electron chi connectivity index (χ2n) is 6.31. The smallest absolute Gasteiger partial charge is 0.270 e. The van der Waals surface area contributed by atoms with Crippen molar-refractivity contribution in [2.75, 3.05) is 0 Å². The molecule has 0 aliphatic rings. The third-order valence-corrected chi connectivity index (χ3v) is 4.12. The second kappa shape index (κ2) is 8.78. The van der Waals surface area contributed by atoms with Gasteiger partial charge >= 0.3 is 0 Å². The van der Waals surface area contributed by atoms with E-state index in [9.17, 15) is 14.9 Å². The minimum atomic E-state index is -0.475. The van der Waals surface area contributed by atoms with E-state index in [0.29, 0.717) is 22.9 Å². The van der Waals surface area contributed by atoms with Crippen LogP contribution in [0, 0.1) is 10.1 Å². The zero-order chi connectivity index (χ0) is 21.6. The van der Waals surface area contributed by atoms with Crippen molar-refractivity contribution in [1.82, 2.24) is 25.6 Å². The van der Waals surface area contributed by atoms with Crippen molar-refractivity contribution in [1.29, 1.82) is 0 Å². The number of non-ortho nitro benzene ring substituents is 1. The molecule has 0 aliphatic heterocycles. The quantitative estimate of drug-likeness (QED) is 0.277. The maximum Gasteiger partial charge on any atom is 0.270 e. The summed E-state index contributed by atoms with van der Waals surface area (Å²) >= 11 is 0. The standard InChI is InChI=1S/C20H15N7O4/c28-19(13-26-24-20(23-25-26)14-5-2-1-3-6-14)22-21-12-17-9-10-18(31-17)15-7-4-8-16(11-15)27(29)30/h1-12H,13H2,(H,22,28). The number of carbonyl (C=O) groups is 1. The molecule has 0 saturated carbocycles. The molecule has 1 N–H and O–H groups in total. The van der Waals surface area contributed by atoms with Gasteiger partial charge in [-0.3, -0.25) is 14.9 Å². The maximum atomic E-state index is 12.0. The molecule has 0 spiro atoms. The van der Waals surface area contributed by atoms with Crippen LogP contribution in [0.5, 0.6) is 0 Å². The van der Waals surface area contributed by atoms with E-state index in [0.717, 1.165) is 5.56 Å². The van der Waals surface area contributed by atoms with Gasteiger partial charge in [-0.15, -0.1) is 10.2 Å². The normalized spacial score (nSPS) is 11.0. The van der Waals surface area contributed by atoms with Crippen LogP contribution in [0.4, 0.5) is 5.69 Å². The van der Waals surface area contributed by atoms with Gasteiger partial charge < -0.3 is 4.42 Å². The molecule has 0 unspecified atom stereocenters. The number of benzene rings is 2. The molecule has 4 rings (SSSR count). The lowest BCUT2D eigenvalue weighted by Gasteiger charge is -1.98.